The highest BCUT2D eigenvalue weighted by atomic mass is 32.2. The van der Waals surface area contributed by atoms with Crippen LogP contribution >= 0.6 is 0 Å². The second-order valence-corrected chi connectivity index (χ2v) is 12.1. The van der Waals surface area contributed by atoms with Gasteiger partial charge in [0.1, 0.15) is 36.1 Å². The molecule has 0 saturated heterocycles. The van der Waals surface area contributed by atoms with Crippen molar-refractivity contribution in [2.75, 3.05) is 7.11 Å². The molecule has 206 valence electrons. The molecule has 0 spiro atoms. The Morgan fingerprint density at radius 1 is 1.13 bits per heavy atom. The van der Waals surface area contributed by atoms with Crippen molar-refractivity contribution in [3.05, 3.63) is 83.1 Å². The van der Waals surface area contributed by atoms with Crippen molar-refractivity contribution in [2.24, 2.45) is 0 Å². The molecule has 0 saturated carbocycles. The topological polar surface area (TPSA) is 111 Å². The van der Waals surface area contributed by atoms with E-state index in [9.17, 15) is 18.5 Å². The third kappa shape index (κ3) is 7.29. The Morgan fingerprint density at radius 2 is 1.92 bits per heavy atom. The van der Waals surface area contributed by atoms with Crippen LogP contribution in [0.2, 0.25) is 0 Å². The minimum absolute atomic E-state index is 0.0772. The van der Waals surface area contributed by atoms with E-state index < -0.39 is 27.5 Å². The molecule has 2 aromatic carbocycles. The quantitative estimate of drug-likeness (QED) is 0.251. The fraction of sp³-hybridized carbons (Fsp3) is 0.310. The summed E-state index contributed by atoms with van der Waals surface area (Å²) in [6, 6.07) is 13.3. The van der Waals surface area contributed by atoms with E-state index in [2.05, 4.69) is 9.71 Å². The number of pyridine rings is 1. The Hall–Kier alpha value is -3.60. The number of aromatic nitrogens is 1. The highest BCUT2D eigenvalue weighted by Gasteiger charge is 2.20. The second kappa shape index (κ2) is 12.1. The van der Waals surface area contributed by atoms with Crippen LogP contribution in [0.3, 0.4) is 0 Å². The van der Waals surface area contributed by atoms with Gasteiger partial charge in [-0.25, -0.2) is 13.3 Å². The summed E-state index contributed by atoms with van der Waals surface area (Å²) >= 11 is 0. The third-order valence-corrected chi connectivity index (χ3v) is 7.37. The van der Waals surface area contributed by atoms with Crippen LogP contribution in [0.25, 0.3) is 22.1 Å². The molecule has 4 rings (SSSR count). The fourth-order valence-corrected chi connectivity index (χ4v) is 4.72. The number of carboxylic acids is 1. The average molecular weight is 555 g/mol. The number of hydrogen-bond acceptors (Lipinski definition) is 6. The fourth-order valence-electron chi connectivity index (χ4n) is 4.01. The predicted molar refractivity (Wildman–Crippen MR) is 147 cm³/mol. The molecule has 0 bridgehead atoms. The first-order valence-corrected chi connectivity index (χ1v) is 13.5. The van der Waals surface area contributed by atoms with Crippen molar-refractivity contribution in [3.63, 3.8) is 0 Å². The lowest BCUT2D eigenvalue weighted by Crippen LogP contribution is -2.33. The minimum Gasteiger partial charge on any atom is -0.488 e. The second-order valence-electron chi connectivity index (χ2n) is 10.1. The van der Waals surface area contributed by atoms with Crippen LogP contribution < -0.4 is 9.46 Å². The van der Waals surface area contributed by atoms with Gasteiger partial charge in [0.05, 0.1) is 34.4 Å². The summed E-state index contributed by atoms with van der Waals surface area (Å²) in [6.45, 7) is 6.39. The first kappa shape index (κ1) is 28.4. The van der Waals surface area contributed by atoms with Gasteiger partial charge in [-0.3, -0.25) is 9.78 Å². The number of nitrogens with one attached hydrogen (secondary N) is 1. The molecule has 10 heteroatoms. The van der Waals surface area contributed by atoms with Crippen molar-refractivity contribution in [3.8, 4) is 16.9 Å². The van der Waals surface area contributed by atoms with E-state index in [1.54, 1.807) is 13.3 Å². The Bertz CT molecular complexity index is 1510. The number of furan rings is 1. The van der Waals surface area contributed by atoms with E-state index in [1.807, 2.05) is 51.1 Å². The van der Waals surface area contributed by atoms with Gasteiger partial charge in [0.2, 0.25) is 0 Å². The van der Waals surface area contributed by atoms with Crippen LogP contribution in [0.4, 0.5) is 4.39 Å². The molecule has 2 heterocycles. The summed E-state index contributed by atoms with van der Waals surface area (Å²) in [5, 5.41) is 10.0. The molecule has 0 radical (unpaired) electrons. The normalized spacial score (nSPS) is 12.5. The molecule has 2 aromatic heterocycles. The van der Waals surface area contributed by atoms with Gasteiger partial charge >= 0.3 is 5.97 Å². The van der Waals surface area contributed by atoms with Gasteiger partial charge in [-0.2, -0.15) is 0 Å². The highest BCUT2D eigenvalue weighted by molar-refractivity contribution is 7.84. The number of aliphatic carboxylic acids is 1. The molecule has 4 aromatic rings. The molecule has 8 nitrogen and oxygen atoms in total. The van der Waals surface area contributed by atoms with Crippen LogP contribution in [0.5, 0.6) is 5.75 Å². The molecule has 1 unspecified atom stereocenters. The van der Waals surface area contributed by atoms with Gasteiger partial charge in [0, 0.05) is 35.9 Å². The van der Waals surface area contributed by atoms with E-state index in [4.69, 9.17) is 13.9 Å². The van der Waals surface area contributed by atoms with Gasteiger partial charge in [-0.1, -0.05) is 6.07 Å². The standard InChI is InChI=1S/C29H31FN2O6S/c1-29(2,3)39(35)32-15-23-11-19(7-8-31-23)25-10-18(9-21-12-24(17-36-4)38-28(21)25)16-37-26-14-22(30)6-5-20(26)13-27(33)34/h5-12,14,32H,13,15-17H2,1-4H3,(H,33,34). The molecule has 0 amide bonds. The number of benzene rings is 2. The van der Waals surface area contributed by atoms with Crippen LogP contribution in [-0.2, 0) is 46.7 Å². The molecular weight excluding hydrogens is 523 g/mol. The molecule has 0 aliphatic carbocycles. The zero-order chi connectivity index (χ0) is 28.2. The Labute approximate surface area is 228 Å². The molecule has 0 fully saturated rings. The van der Waals surface area contributed by atoms with E-state index in [-0.39, 0.29) is 18.8 Å². The van der Waals surface area contributed by atoms with E-state index in [0.717, 1.165) is 22.1 Å². The lowest BCUT2D eigenvalue weighted by atomic mass is 10.0. The van der Waals surface area contributed by atoms with Gasteiger partial charge in [-0.15, -0.1) is 0 Å². The zero-order valence-corrected chi connectivity index (χ0v) is 23.1. The molecule has 39 heavy (non-hydrogen) atoms. The molecular formula is C29H31FN2O6S. The summed E-state index contributed by atoms with van der Waals surface area (Å²) < 4.78 is 46.2. The monoisotopic (exact) mass is 554 g/mol. The molecule has 0 aliphatic rings. The van der Waals surface area contributed by atoms with Crippen molar-refractivity contribution >= 4 is 27.9 Å². The smallest absolute Gasteiger partial charge is 0.307 e. The summed E-state index contributed by atoms with van der Waals surface area (Å²) in [6.07, 6.45) is 1.40. The lowest BCUT2D eigenvalue weighted by Gasteiger charge is -2.18. The number of methoxy groups -OCH3 is 1. The van der Waals surface area contributed by atoms with Crippen LogP contribution in [0.15, 0.2) is 59.1 Å². The SMILES string of the molecule is COCc1cc2cc(COc3cc(F)ccc3CC(=O)O)cc(-c3ccnc(CNS(=O)C(C)(C)C)c3)c2o1. The molecule has 2 N–H and O–H groups in total. The van der Waals surface area contributed by atoms with Crippen LogP contribution in [-0.4, -0.2) is 32.1 Å². The highest BCUT2D eigenvalue weighted by Crippen LogP contribution is 2.34. The zero-order valence-electron chi connectivity index (χ0n) is 22.2. The van der Waals surface area contributed by atoms with Crippen molar-refractivity contribution in [1.82, 2.24) is 9.71 Å². The lowest BCUT2D eigenvalue weighted by molar-refractivity contribution is -0.136. The molecule has 1 atom stereocenters. The largest absolute Gasteiger partial charge is 0.488 e. The summed E-state index contributed by atoms with van der Waals surface area (Å²) in [7, 11) is 0.343. The Kier molecular flexibility index (Phi) is 8.79. The average Bonchev–Trinajstić information content (AvgIpc) is 3.29. The number of hydrogen-bond donors (Lipinski definition) is 2. The first-order chi connectivity index (χ1) is 18.5. The number of rotatable bonds is 11. The van der Waals surface area contributed by atoms with Gasteiger partial charge < -0.3 is 19.0 Å². The predicted octanol–water partition coefficient (Wildman–Crippen LogP) is 5.54. The first-order valence-electron chi connectivity index (χ1n) is 12.3. The number of halogens is 1. The molecule has 0 aliphatic heterocycles. The maximum atomic E-state index is 13.9. The van der Waals surface area contributed by atoms with Gasteiger partial charge in [-0.05, 0) is 68.3 Å². The van der Waals surface area contributed by atoms with Crippen LogP contribution in [0.1, 0.15) is 43.4 Å². The number of carbonyl (C=O) groups is 1. The maximum Gasteiger partial charge on any atom is 0.307 e. The van der Waals surface area contributed by atoms with Gasteiger partial charge in [0.25, 0.3) is 0 Å². The number of ether oxygens (including phenoxy) is 2. The van der Waals surface area contributed by atoms with E-state index in [1.165, 1.54) is 18.2 Å². The number of nitrogens with zero attached hydrogens (tertiary/aromatic N) is 1. The Morgan fingerprint density at radius 3 is 2.64 bits per heavy atom. The van der Waals surface area contributed by atoms with E-state index in [0.29, 0.717) is 35.8 Å². The third-order valence-electron chi connectivity index (χ3n) is 5.85. The number of fused-ring (bicyclic) bond motifs is 1. The van der Waals surface area contributed by atoms with Gasteiger partial charge in [0.15, 0.2) is 0 Å². The van der Waals surface area contributed by atoms with Crippen LogP contribution in [0, 0.1) is 5.82 Å². The summed E-state index contributed by atoms with van der Waals surface area (Å²) in [5.74, 6) is -0.721. The van der Waals surface area contributed by atoms with Crippen molar-refractivity contribution < 1.29 is 32.4 Å². The van der Waals surface area contributed by atoms with E-state index >= 15 is 0 Å². The summed E-state index contributed by atoms with van der Waals surface area (Å²) in [5.41, 5.74) is 4.16. The minimum atomic E-state index is -1.24. The van der Waals surface area contributed by atoms with Crippen molar-refractivity contribution in [2.45, 2.75) is 51.7 Å². The van der Waals surface area contributed by atoms with Crippen molar-refractivity contribution in [1.29, 1.82) is 0 Å². The summed E-state index contributed by atoms with van der Waals surface area (Å²) in [4.78, 5) is 15.7. The number of carboxylic acid groups (broad SMARTS) is 1. The maximum absolute atomic E-state index is 13.9. The Balaban J connectivity index is 1.68.